The highest BCUT2D eigenvalue weighted by Gasteiger charge is 2.41. The summed E-state index contributed by atoms with van der Waals surface area (Å²) in [6.07, 6.45) is 1.20. The van der Waals surface area contributed by atoms with Crippen molar-refractivity contribution in [1.29, 1.82) is 0 Å². The van der Waals surface area contributed by atoms with Crippen molar-refractivity contribution >= 4 is 46.9 Å². The van der Waals surface area contributed by atoms with Crippen LogP contribution in [0.15, 0.2) is 70.7 Å². The SMILES string of the molecule is CN1C(=O)/C(=C\c2ccc(-c3ccc(Cl)cc3[N+](=O)[O-])o2)C(=O)N(c2ccccc2)C1=O. The summed E-state index contributed by atoms with van der Waals surface area (Å²) in [7, 11) is 1.27. The maximum absolute atomic E-state index is 13.0. The van der Waals surface area contributed by atoms with Crippen LogP contribution in [0, 0.1) is 10.1 Å². The number of nitro groups is 1. The molecule has 0 saturated carbocycles. The number of carbonyl (C=O) groups is 3. The van der Waals surface area contributed by atoms with Crippen LogP contribution in [0.4, 0.5) is 16.2 Å². The molecule has 4 rings (SSSR count). The predicted octanol–water partition coefficient (Wildman–Crippen LogP) is 4.52. The Morgan fingerprint density at radius 2 is 1.72 bits per heavy atom. The van der Waals surface area contributed by atoms with Crippen molar-refractivity contribution in [2.24, 2.45) is 0 Å². The van der Waals surface area contributed by atoms with E-state index in [0.717, 1.165) is 9.80 Å². The molecule has 3 aromatic rings. The molecule has 10 heteroatoms. The van der Waals surface area contributed by atoms with Crippen LogP contribution >= 0.6 is 11.6 Å². The van der Waals surface area contributed by atoms with E-state index in [2.05, 4.69) is 0 Å². The second kappa shape index (κ2) is 8.12. The summed E-state index contributed by atoms with van der Waals surface area (Å²) >= 11 is 5.85. The highest BCUT2D eigenvalue weighted by atomic mass is 35.5. The minimum Gasteiger partial charge on any atom is -0.456 e. The number of anilines is 1. The van der Waals surface area contributed by atoms with Gasteiger partial charge < -0.3 is 4.42 Å². The van der Waals surface area contributed by atoms with E-state index in [0.29, 0.717) is 5.69 Å². The topological polar surface area (TPSA) is 114 Å². The zero-order valence-electron chi connectivity index (χ0n) is 16.5. The van der Waals surface area contributed by atoms with Gasteiger partial charge in [0.2, 0.25) is 0 Å². The molecule has 0 spiro atoms. The van der Waals surface area contributed by atoms with Gasteiger partial charge in [0, 0.05) is 18.1 Å². The largest absolute Gasteiger partial charge is 0.456 e. The van der Waals surface area contributed by atoms with Gasteiger partial charge in [0.1, 0.15) is 17.1 Å². The van der Waals surface area contributed by atoms with Gasteiger partial charge in [0.15, 0.2) is 0 Å². The van der Waals surface area contributed by atoms with Crippen molar-refractivity contribution in [3.05, 3.63) is 87.1 Å². The van der Waals surface area contributed by atoms with Gasteiger partial charge >= 0.3 is 6.03 Å². The molecule has 0 unspecified atom stereocenters. The molecule has 0 radical (unpaired) electrons. The van der Waals surface area contributed by atoms with Crippen molar-refractivity contribution in [2.75, 3.05) is 11.9 Å². The number of carbonyl (C=O) groups excluding carboxylic acids is 3. The van der Waals surface area contributed by atoms with Crippen molar-refractivity contribution in [3.63, 3.8) is 0 Å². The van der Waals surface area contributed by atoms with Crippen LogP contribution in [0.2, 0.25) is 5.02 Å². The van der Waals surface area contributed by atoms with Crippen LogP contribution in [-0.2, 0) is 9.59 Å². The number of nitrogens with zero attached hydrogens (tertiary/aromatic N) is 3. The summed E-state index contributed by atoms with van der Waals surface area (Å²) in [5.74, 6) is -1.33. The Hall–Kier alpha value is -4.24. The molecule has 0 bridgehead atoms. The lowest BCUT2D eigenvalue weighted by atomic mass is 10.1. The number of imide groups is 2. The minimum atomic E-state index is -0.806. The molecule has 0 atom stereocenters. The molecule has 1 saturated heterocycles. The van der Waals surface area contributed by atoms with Crippen LogP contribution in [-0.4, -0.2) is 34.7 Å². The highest BCUT2D eigenvalue weighted by Crippen LogP contribution is 2.34. The smallest absolute Gasteiger partial charge is 0.338 e. The molecule has 2 aromatic carbocycles. The number of benzene rings is 2. The quantitative estimate of drug-likeness (QED) is 0.249. The number of rotatable bonds is 4. The van der Waals surface area contributed by atoms with Crippen molar-refractivity contribution < 1.29 is 23.7 Å². The van der Waals surface area contributed by atoms with Crippen molar-refractivity contribution in [1.82, 2.24) is 4.90 Å². The maximum Gasteiger partial charge on any atom is 0.338 e. The molecule has 0 N–H and O–H groups in total. The number of likely N-dealkylation sites (N-methyl/N-ethyl adjacent to an activating group) is 1. The first-order chi connectivity index (χ1) is 15.3. The van der Waals surface area contributed by atoms with Gasteiger partial charge in [-0.2, -0.15) is 0 Å². The molecular weight excluding hydrogens is 438 g/mol. The zero-order chi connectivity index (χ0) is 23.0. The number of hydrogen-bond acceptors (Lipinski definition) is 6. The second-order valence-corrected chi connectivity index (χ2v) is 7.24. The average molecular weight is 452 g/mol. The summed E-state index contributed by atoms with van der Waals surface area (Å²) in [6, 6.07) is 14.5. The molecular formula is C22H14ClN3O6. The predicted molar refractivity (Wildman–Crippen MR) is 116 cm³/mol. The first kappa shape index (κ1) is 21.0. The molecule has 160 valence electrons. The van der Waals surface area contributed by atoms with E-state index < -0.39 is 22.8 Å². The van der Waals surface area contributed by atoms with Crippen LogP contribution in [0.5, 0.6) is 0 Å². The first-order valence-corrected chi connectivity index (χ1v) is 9.63. The molecule has 9 nitrogen and oxygen atoms in total. The van der Waals surface area contributed by atoms with Crippen LogP contribution < -0.4 is 4.90 Å². The maximum atomic E-state index is 13.0. The Balaban J connectivity index is 1.74. The van der Waals surface area contributed by atoms with Gasteiger partial charge in [-0.05, 0) is 42.5 Å². The lowest BCUT2D eigenvalue weighted by Gasteiger charge is -2.31. The standard InChI is InChI=1S/C22H14ClN3O6/c1-24-20(27)17(21(28)25(22(24)29)14-5-3-2-4-6-14)12-15-8-10-19(32-15)16-9-7-13(23)11-18(16)26(30)31/h2-12H,1H3/b17-12+. The van der Waals surface area contributed by atoms with E-state index in [1.54, 1.807) is 30.3 Å². The molecule has 1 fully saturated rings. The Bertz CT molecular complexity index is 1300. The Kier molecular flexibility index (Phi) is 5.33. The number of para-hydroxylation sites is 1. The molecule has 2 heterocycles. The summed E-state index contributed by atoms with van der Waals surface area (Å²) in [5.41, 5.74) is -0.0489. The van der Waals surface area contributed by atoms with Crippen molar-refractivity contribution in [2.45, 2.75) is 0 Å². The van der Waals surface area contributed by atoms with Gasteiger partial charge in [0.05, 0.1) is 16.2 Å². The number of barbiturate groups is 1. The van der Waals surface area contributed by atoms with Crippen LogP contribution in [0.25, 0.3) is 17.4 Å². The van der Waals surface area contributed by atoms with Gasteiger partial charge in [-0.25, -0.2) is 9.69 Å². The molecule has 32 heavy (non-hydrogen) atoms. The van der Waals surface area contributed by atoms with Gasteiger partial charge in [0.25, 0.3) is 17.5 Å². The van der Waals surface area contributed by atoms with Gasteiger partial charge in [-0.3, -0.25) is 24.6 Å². The molecule has 1 aromatic heterocycles. The van der Waals surface area contributed by atoms with E-state index in [1.165, 1.54) is 43.5 Å². The summed E-state index contributed by atoms with van der Waals surface area (Å²) in [4.78, 5) is 50.7. The summed E-state index contributed by atoms with van der Waals surface area (Å²) in [5, 5.41) is 11.6. The third-order valence-corrected chi connectivity index (χ3v) is 5.03. The fourth-order valence-corrected chi connectivity index (χ4v) is 3.39. The van der Waals surface area contributed by atoms with E-state index >= 15 is 0 Å². The Morgan fingerprint density at radius 1 is 1.00 bits per heavy atom. The lowest BCUT2D eigenvalue weighted by Crippen LogP contribution is -2.55. The minimum absolute atomic E-state index is 0.108. The fraction of sp³-hybridized carbons (Fsp3) is 0.0455. The number of halogens is 1. The van der Waals surface area contributed by atoms with E-state index in [9.17, 15) is 24.5 Å². The number of urea groups is 1. The van der Waals surface area contributed by atoms with E-state index in [1.807, 2.05) is 0 Å². The summed E-state index contributed by atoms with van der Waals surface area (Å²) in [6.45, 7) is 0. The van der Waals surface area contributed by atoms with E-state index in [4.69, 9.17) is 16.0 Å². The highest BCUT2D eigenvalue weighted by molar-refractivity contribution is 6.38. The number of nitro benzene ring substituents is 1. The molecule has 1 aliphatic heterocycles. The van der Waals surface area contributed by atoms with E-state index in [-0.39, 0.29) is 33.4 Å². The molecule has 0 aliphatic carbocycles. The third-order valence-electron chi connectivity index (χ3n) is 4.80. The number of amides is 4. The fourth-order valence-electron chi connectivity index (χ4n) is 3.23. The normalized spacial score (nSPS) is 15.6. The van der Waals surface area contributed by atoms with Gasteiger partial charge in [-0.1, -0.05) is 29.8 Å². The average Bonchev–Trinajstić information content (AvgIpc) is 3.24. The van der Waals surface area contributed by atoms with Gasteiger partial charge in [-0.15, -0.1) is 0 Å². The number of hydrogen-bond donors (Lipinski definition) is 0. The molecule has 4 amide bonds. The Labute approximate surface area is 186 Å². The molecule has 1 aliphatic rings. The van der Waals surface area contributed by atoms with Crippen LogP contribution in [0.3, 0.4) is 0 Å². The lowest BCUT2D eigenvalue weighted by molar-refractivity contribution is -0.384. The zero-order valence-corrected chi connectivity index (χ0v) is 17.3. The first-order valence-electron chi connectivity index (χ1n) is 9.25. The Morgan fingerprint density at radius 3 is 2.41 bits per heavy atom. The van der Waals surface area contributed by atoms with Crippen molar-refractivity contribution in [3.8, 4) is 11.3 Å². The van der Waals surface area contributed by atoms with Crippen LogP contribution in [0.1, 0.15) is 5.76 Å². The second-order valence-electron chi connectivity index (χ2n) is 6.80. The monoisotopic (exact) mass is 451 g/mol. The number of furan rings is 1. The summed E-state index contributed by atoms with van der Waals surface area (Å²) < 4.78 is 5.65. The third kappa shape index (κ3) is 3.65.